The van der Waals surface area contributed by atoms with Gasteiger partial charge in [0.1, 0.15) is 11.2 Å². The number of hydrogen-bond donors (Lipinski definition) is 0. The first-order valence-electron chi connectivity index (χ1n) is 8.08. The third-order valence-electron chi connectivity index (χ3n) is 4.54. The van der Waals surface area contributed by atoms with Gasteiger partial charge in [0, 0.05) is 18.9 Å². The highest BCUT2D eigenvalue weighted by molar-refractivity contribution is 5.94. The lowest BCUT2D eigenvalue weighted by atomic mass is 10.0. The van der Waals surface area contributed by atoms with Crippen molar-refractivity contribution < 1.29 is 4.79 Å². The molecule has 1 aliphatic rings. The van der Waals surface area contributed by atoms with Gasteiger partial charge in [-0.2, -0.15) is 0 Å². The Morgan fingerprint density at radius 3 is 2.71 bits per heavy atom. The van der Waals surface area contributed by atoms with E-state index in [0.29, 0.717) is 12.2 Å². The van der Waals surface area contributed by atoms with E-state index < -0.39 is 0 Å². The van der Waals surface area contributed by atoms with Crippen molar-refractivity contribution >= 4 is 11.6 Å². The molecule has 1 saturated heterocycles. The quantitative estimate of drug-likeness (QED) is 0.730. The summed E-state index contributed by atoms with van der Waals surface area (Å²) >= 11 is 0. The molecule has 2 aromatic heterocycles. The molecule has 1 aliphatic heterocycles. The van der Waals surface area contributed by atoms with Crippen LogP contribution in [0, 0.1) is 0 Å². The fraction of sp³-hybridized carbons (Fsp3) is 0.211. The fourth-order valence-corrected chi connectivity index (χ4v) is 3.36. The Morgan fingerprint density at radius 2 is 1.88 bits per heavy atom. The molecule has 3 aromatic rings. The summed E-state index contributed by atoms with van der Waals surface area (Å²) in [5.74, 6) is -0.239. The van der Waals surface area contributed by atoms with Crippen LogP contribution < -0.4 is 5.56 Å². The average Bonchev–Trinajstić information content (AvgIpc) is 3.12. The van der Waals surface area contributed by atoms with E-state index >= 15 is 0 Å². The minimum absolute atomic E-state index is 0.0228. The molecule has 1 fully saturated rings. The van der Waals surface area contributed by atoms with Gasteiger partial charge in [0.05, 0.1) is 6.04 Å². The fourth-order valence-electron chi connectivity index (χ4n) is 3.36. The Balaban J connectivity index is 1.73. The molecule has 0 bridgehead atoms. The molecule has 5 heteroatoms. The van der Waals surface area contributed by atoms with Gasteiger partial charge >= 0.3 is 0 Å². The predicted molar refractivity (Wildman–Crippen MR) is 90.9 cm³/mol. The molecule has 0 radical (unpaired) electrons. The van der Waals surface area contributed by atoms with Gasteiger partial charge in [-0.15, -0.1) is 0 Å². The summed E-state index contributed by atoms with van der Waals surface area (Å²) in [6.07, 6.45) is 4.90. The Morgan fingerprint density at radius 1 is 1.08 bits per heavy atom. The van der Waals surface area contributed by atoms with Gasteiger partial charge < -0.3 is 4.90 Å². The molecule has 0 aliphatic carbocycles. The molecule has 120 valence electrons. The Labute approximate surface area is 139 Å². The number of fused-ring (bicyclic) bond motifs is 1. The van der Waals surface area contributed by atoms with Gasteiger partial charge in [0.25, 0.3) is 11.5 Å². The lowest BCUT2D eigenvalue weighted by Crippen LogP contribution is -2.35. The highest BCUT2D eigenvalue weighted by Gasteiger charge is 2.32. The van der Waals surface area contributed by atoms with E-state index in [2.05, 4.69) is 4.98 Å². The molecule has 1 amide bonds. The zero-order chi connectivity index (χ0) is 16.5. The molecule has 4 rings (SSSR count). The predicted octanol–water partition coefficient (Wildman–Crippen LogP) is 2.67. The minimum Gasteiger partial charge on any atom is -0.331 e. The third-order valence-corrected chi connectivity index (χ3v) is 4.54. The Hall–Kier alpha value is -2.95. The highest BCUT2D eigenvalue weighted by Crippen LogP contribution is 2.32. The number of carbonyl (C=O) groups excluding carboxylic acids is 1. The largest absolute Gasteiger partial charge is 0.331 e. The van der Waals surface area contributed by atoms with E-state index in [9.17, 15) is 9.59 Å². The molecule has 3 heterocycles. The zero-order valence-corrected chi connectivity index (χ0v) is 13.1. The van der Waals surface area contributed by atoms with E-state index in [1.165, 1.54) is 10.6 Å². The summed E-state index contributed by atoms with van der Waals surface area (Å²) < 4.78 is 1.42. The van der Waals surface area contributed by atoms with Gasteiger partial charge in [0.15, 0.2) is 0 Å². The lowest BCUT2D eigenvalue weighted by Gasteiger charge is -2.25. The first-order chi connectivity index (χ1) is 11.8. The van der Waals surface area contributed by atoms with Gasteiger partial charge in [-0.3, -0.25) is 14.0 Å². The van der Waals surface area contributed by atoms with Crippen LogP contribution in [0.5, 0.6) is 0 Å². The maximum atomic E-state index is 13.0. The van der Waals surface area contributed by atoms with Crippen LogP contribution >= 0.6 is 0 Å². The summed E-state index contributed by atoms with van der Waals surface area (Å²) in [6.45, 7) is 0.662. The second-order valence-electron chi connectivity index (χ2n) is 5.97. The van der Waals surface area contributed by atoms with E-state index in [-0.39, 0.29) is 23.1 Å². The van der Waals surface area contributed by atoms with Crippen molar-refractivity contribution in [2.75, 3.05) is 6.54 Å². The molecule has 1 aromatic carbocycles. The summed E-state index contributed by atoms with van der Waals surface area (Å²) in [7, 11) is 0. The molecule has 0 spiro atoms. The monoisotopic (exact) mass is 319 g/mol. The van der Waals surface area contributed by atoms with Gasteiger partial charge in [-0.25, -0.2) is 4.98 Å². The standard InChI is InChI=1S/C19H17N3O2/c23-18(15-13-20-17-10-4-5-11-22(17)19(15)24)21-12-6-9-16(21)14-7-2-1-3-8-14/h1-5,7-8,10-11,13,16H,6,9,12H2. The van der Waals surface area contributed by atoms with Crippen molar-refractivity contribution in [1.82, 2.24) is 14.3 Å². The number of nitrogens with zero attached hydrogens (tertiary/aromatic N) is 3. The SMILES string of the molecule is O=C(c1cnc2ccccn2c1=O)N1CCCC1c1ccccc1. The molecular formula is C19H17N3O2. The van der Waals surface area contributed by atoms with Crippen LogP contribution in [-0.4, -0.2) is 26.7 Å². The molecule has 1 unspecified atom stereocenters. The summed E-state index contributed by atoms with van der Waals surface area (Å²) in [5, 5.41) is 0. The maximum absolute atomic E-state index is 13.0. The molecule has 5 nitrogen and oxygen atoms in total. The number of likely N-dealkylation sites (tertiary alicyclic amines) is 1. The van der Waals surface area contributed by atoms with Crippen molar-refractivity contribution in [2.45, 2.75) is 18.9 Å². The van der Waals surface area contributed by atoms with E-state index in [1.54, 1.807) is 23.2 Å². The Bertz CT molecular complexity index is 949. The molecular weight excluding hydrogens is 302 g/mol. The normalized spacial score (nSPS) is 17.3. The zero-order valence-electron chi connectivity index (χ0n) is 13.1. The maximum Gasteiger partial charge on any atom is 0.270 e. The number of carbonyl (C=O) groups is 1. The molecule has 24 heavy (non-hydrogen) atoms. The van der Waals surface area contributed by atoms with Crippen LogP contribution in [0.2, 0.25) is 0 Å². The number of benzene rings is 1. The second kappa shape index (κ2) is 5.92. The van der Waals surface area contributed by atoms with Gasteiger partial charge in [-0.05, 0) is 30.5 Å². The number of aromatic nitrogens is 2. The first-order valence-corrected chi connectivity index (χ1v) is 8.08. The first kappa shape index (κ1) is 14.6. The van der Waals surface area contributed by atoms with E-state index in [0.717, 1.165) is 18.4 Å². The van der Waals surface area contributed by atoms with Crippen molar-refractivity contribution in [3.63, 3.8) is 0 Å². The topological polar surface area (TPSA) is 54.7 Å². The van der Waals surface area contributed by atoms with Crippen LogP contribution in [0.15, 0.2) is 65.7 Å². The second-order valence-corrected chi connectivity index (χ2v) is 5.97. The smallest absolute Gasteiger partial charge is 0.270 e. The van der Waals surface area contributed by atoms with Crippen LogP contribution in [-0.2, 0) is 0 Å². The van der Waals surface area contributed by atoms with Crippen molar-refractivity contribution in [3.05, 3.63) is 82.4 Å². The highest BCUT2D eigenvalue weighted by atomic mass is 16.2. The molecule has 0 N–H and O–H groups in total. The number of pyridine rings is 1. The summed E-state index contributed by atoms with van der Waals surface area (Å²) in [6, 6.07) is 15.3. The van der Waals surface area contributed by atoms with Crippen LogP contribution in [0.4, 0.5) is 0 Å². The lowest BCUT2D eigenvalue weighted by molar-refractivity contribution is 0.0733. The molecule has 0 saturated carbocycles. The molecule has 1 atom stereocenters. The third kappa shape index (κ3) is 2.38. The number of rotatable bonds is 2. The van der Waals surface area contributed by atoms with Crippen molar-refractivity contribution in [1.29, 1.82) is 0 Å². The number of hydrogen-bond acceptors (Lipinski definition) is 3. The van der Waals surface area contributed by atoms with Crippen LogP contribution in [0.25, 0.3) is 5.65 Å². The van der Waals surface area contributed by atoms with Crippen LogP contribution in [0.3, 0.4) is 0 Å². The van der Waals surface area contributed by atoms with E-state index in [4.69, 9.17) is 0 Å². The minimum atomic E-state index is -0.315. The van der Waals surface area contributed by atoms with Crippen molar-refractivity contribution in [2.24, 2.45) is 0 Å². The van der Waals surface area contributed by atoms with E-state index in [1.807, 2.05) is 36.4 Å². The Kier molecular flexibility index (Phi) is 3.61. The van der Waals surface area contributed by atoms with Crippen molar-refractivity contribution in [3.8, 4) is 0 Å². The summed E-state index contributed by atoms with van der Waals surface area (Å²) in [5.41, 5.74) is 1.46. The summed E-state index contributed by atoms with van der Waals surface area (Å²) in [4.78, 5) is 31.7. The average molecular weight is 319 g/mol. The van der Waals surface area contributed by atoms with Gasteiger partial charge in [0.2, 0.25) is 0 Å². The van der Waals surface area contributed by atoms with Gasteiger partial charge in [-0.1, -0.05) is 36.4 Å². The number of amides is 1. The van der Waals surface area contributed by atoms with Crippen LogP contribution in [0.1, 0.15) is 34.8 Å².